The van der Waals surface area contributed by atoms with Gasteiger partial charge in [0.25, 0.3) is 0 Å². The van der Waals surface area contributed by atoms with E-state index < -0.39 is 0 Å². The van der Waals surface area contributed by atoms with Gasteiger partial charge in [0.15, 0.2) is 0 Å². The van der Waals surface area contributed by atoms with Crippen molar-refractivity contribution >= 4 is 0 Å². The van der Waals surface area contributed by atoms with Crippen molar-refractivity contribution in [2.75, 3.05) is 0 Å². The predicted octanol–water partition coefficient (Wildman–Crippen LogP) is 6.94. The first-order valence-corrected chi connectivity index (χ1v) is 7.75. The number of hydrogen-bond donors (Lipinski definition) is 0. The summed E-state index contributed by atoms with van der Waals surface area (Å²) in [4.78, 5) is 0. The molecule has 1 aliphatic carbocycles. The summed E-state index contributed by atoms with van der Waals surface area (Å²) in [5, 5.41) is 0. The van der Waals surface area contributed by atoms with Crippen LogP contribution in [0.2, 0.25) is 0 Å². The highest BCUT2D eigenvalue weighted by Gasteiger charge is 2.16. The first-order valence-electron chi connectivity index (χ1n) is 7.75. The molecule has 0 heterocycles. The summed E-state index contributed by atoms with van der Waals surface area (Å²) in [6, 6.07) is 0. The van der Waals surface area contributed by atoms with Crippen LogP contribution < -0.4 is 0 Å². The summed E-state index contributed by atoms with van der Waals surface area (Å²) in [5.74, 6) is 0.836. The highest BCUT2D eigenvalue weighted by molar-refractivity contribution is 5.37. The van der Waals surface area contributed by atoms with Gasteiger partial charge in [0.05, 0.1) is 0 Å². The molecule has 0 saturated heterocycles. The van der Waals surface area contributed by atoms with E-state index in [9.17, 15) is 0 Å². The fourth-order valence-electron chi connectivity index (χ4n) is 1.84. The SMILES string of the molecule is C/C=C\C1=C(/C=C\C)CC(C)C1.CC.CC.CC. The zero-order chi connectivity index (χ0) is 15.0. The molecular weight excluding hydrogens is 216 g/mol. The smallest absolute Gasteiger partial charge is 0.0247 e. The van der Waals surface area contributed by atoms with Crippen LogP contribution in [0.3, 0.4) is 0 Å². The van der Waals surface area contributed by atoms with Crippen molar-refractivity contribution in [2.45, 2.75) is 75.2 Å². The fraction of sp³-hybridized carbons (Fsp3) is 0.667. The number of allylic oxidation sites excluding steroid dienone is 6. The van der Waals surface area contributed by atoms with Crippen molar-refractivity contribution in [3.8, 4) is 0 Å². The topological polar surface area (TPSA) is 0 Å². The van der Waals surface area contributed by atoms with Crippen LogP contribution in [0.15, 0.2) is 35.5 Å². The molecule has 0 saturated carbocycles. The molecule has 0 bridgehead atoms. The van der Waals surface area contributed by atoms with Crippen LogP contribution in [0, 0.1) is 5.92 Å². The summed E-state index contributed by atoms with van der Waals surface area (Å²) >= 11 is 0. The van der Waals surface area contributed by atoms with Crippen LogP contribution in [0.5, 0.6) is 0 Å². The zero-order valence-electron chi connectivity index (χ0n) is 14.3. The highest BCUT2D eigenvalue weighted by Crippen LogP contribution is 2.32. The maximum atomic E-state index is 2.32. The lowest BCUT2D eigenvalue weighted by Gasteiger charge is -1.96. The summed E-state index contributed by atoms with van der Waals surface area (Å²) < 4.78 is 0. The molecule has 0 unspecified atom stereocenters. The van der Waals surface area contributed by atoms with Gasteiger partial charge in [-0.2, -0.15) is 0 Å². The summed E-state index contributed by atoms with van der Waals surface area (Å²) in [7, 11) is 0. The molecule has 18 heavy (non-hydrogen) atoms. The second kappa shape index (κ2) is 18.6. The molecule has 0 aromatic carbocycles. The average Bonchev–Trinajstić information content (AvgIpc) is 2.78. The Morgan fingerprint density at radius 3 is 1.22 bits per heavy atom. The van der Waals surface area contributed by atoms with Gasteiger partial charge in [0, 0.05) is 0 Å². The van der Waals surface area contributed by atoms with E-state index in [4.69, 9.17) is 0 Å². The molecular formula is C18H36. The van der Waals surface area contributed by atoms with Gasteiger partial charge in [-0.1, -0.05) is 72.8 Å². The van der Waals surface area contributed by atoms with E-state index in [0.29, 0.717) is 0 Å². The maximum absolute atomic E-state index is 2.32. The van der Waals surface area contributed by atoms with Crippen molar-refractivity contribution < 1.29 is 0 Å². The molecule has 0 radical (unpaired) electrons. The first kappa shape index (κ1) is 22.4. The number of hydrogen-bond acceptors (Lipinski definition) is 0. The van der Waals surface area contributed by atoms with Gasteiger partial charge in [-0.25, -0.2) is 0 Å². The molecule has 1 rings (SSSR count). The molecule has 0 nitrogen and oxygen atoms in total. The largest absolute Gasteiger partial charge is 0.0874 e. The zero-order valence-corrected chi connectivity index (χ0v) is 14.3. The first-order chi connectivity index (χ1) is 8.77. The highest BCUT2D eigenvalue weighted by atomic mass is 14.2. The molecule has 0 N–H and O–H groups in total. The minimum absolute atomic E-state index is 0.836. The third kappa shape index (κ3) is 10.4. The van der Waals surface area contributed by atoms with Crippen LogP contribution in [-0.4, -0.2) is 0 Å². The molecule has 0 fully saturated rings. The van der Waals surface area contributed by atoms with Gasteiger partial charge in [-0.15, -0.1) is 0 Å². The van der Waals surface area contributed by atoms with E-state index in [1.54, 1.807) is 0 Å². The lowest BCUT2D eigenvalue weighted by Crippen LogP contribution is -1.84. The Bertz CT molecular complexity index is 204. The second-order valence-corrected chi connectivity index (χ2v) is 3.56. The molecule has 0 atom stereocenters. The standard InChI is InChI=1S/C12H18.3C2H6/c1-4-6-11-8-10(3)9-12(11)7-5-2;3*1-2/h4-7,10H,8-9H2,1-3H3;3*1-2H3/b6-4-,7-5-;;;. The average molecular weight is 252 g/mol. The van der Waals surface area contributed by atoms with Crippen LogP contribution in [0.25, 0.3) is 0 Å². The van der Waals surface area contributed by atoms with E-state index in [0.717, 1.165) is 5.92 Å². The van der Waals surface area contributed by atoms with Crippen LogP contribution in [0.1, 0.15) is 75.2 Å². The molecule has 0 amide bonds. The molecule has 0 heteroatoms. The lowest BCUT2D eigenvalue weighted by atomic mass is 10.1. The Labute approximate surface area is 117 Å². The predicted molar refractivity (Wildman–Crippen MR) is 89.1 cm³/mol. The molecule has 0 aromatic heterocycles. The van der Waals surface area contributed by atoms with Crippen molar-refractivity contribution in [3.05, 3.63) is 35.5 Å². The summed E-state index contributed by atoms with van der Waals surface area (Å²) in [6.07, 6.45) is 11.3. The van der Waals surface area contributed by atoms with Crippen LogP contribution in [0.4, 0.5) is 0 Å². The van der Waals surface area contributed by atoms with Crippen molar-refractivity contribution in [3.63, 3.8) is 0 Å². The van der Waals surface area contributed by atoms with Crippen molar-refractivity contribution in [1.82, 2.24) is 0 Å². The van der Waals surface area contributed by atoms with Gasteiger partial charge < -0.3 is 0 Å². The molecule has 0 aliphatic heterocycles. The molecule has 0 aromatic rings. The monoisotopic (exact) mass is 252 g/mol. The molecule has 108 valence electrons. The summed E-state index contributed by atoms with van der Waals surface area (Å²) in [5.41, 5.74) is 3.06. The van der Waals surface area contributed by atoms with Crippen LogP contribution in [-0.2, 0) is 0 Å². The van der Waals surface area contributed by atoms with Gasteiger partial charge in [0.2, 0.25) is 0 Å². The van der Waals surface area contributed by atoms with Gasteiger partial charge in [0.1, 0.15) is 0 Å². The van der Waals surface area contributed by atoms with E-state index >= 15 is 0 Å². The molecule has 1 aliphatic rings. The van der Waals surface area contributed by atoms with Crippen LogP contribution >= 0.6 is 0 Å². The van der Waals surface area contributed by atoms with Gasteiger partial charge >= 0.3 is 0 Å². The van der Waals surface area contributed by atoms with E-state index in [-0.39, 0.29) is 0 Å². The van der Waals surface area contributed by atoms with Crippen molar-refractivity contribution in [2.24, 2.45) is 5.92 Å². The van der Waals surface area contributed by atoms with E-state index in [2.05, 4.69) is 45.1 Å². The van der Waals surface area contributed by atoms with Gasteiger partial charge in [-0.05, 0) is 43.8 Å². The molecule has 0 spiro atoms. The Morgan fingerprint density at radius 1 is 0.722 bits per heavy atom. The Morgan fingerprint density at radius 2 is 1.00 bits per heavy atom. The Kier molecular flexibility index (Phi) is 23.1. The minimum atomic E-state index is 0.836. The van der Waals surface area contributed by atoms with E-state index in [1.807, 2.05) is 41.5 Å². The third-order valence-electron chi connectivity index (χ3n) is 2.28. The maximum Gasteiger partial charge on any atom is -0.0247 e. The summed E-state index contributed by atoms with van der Waals surface area (Å²) in [6.45, 7) is 18.5. The Balaban J connectivity index is -0.000000328. The Hall–Kier alpha value is -0.780. The van der Waals surface area contributed by atoms with E-state index in [1.165, 1.54) is 24.0 Å². The van der Waals surface area contributed by atoms with Crippen molar-refractivity contribution in [1.29, 1.82) is 0 Å². The minimum Gasteiger partial charge on any atom is -0.0874 e. The number of rotatable bonds is 2. The second-order valence-electron chi connectivity index (χ2n) is 3.56. The normalized spacial score (nSPS) is 14.7. The fourth-order valence-corrected chi connectivity index (χ4v) is 1.84. The lowest BCUT2D eigenvalue weighted by molar-refractivity contribution is 0.626. The van der Waals surface area contributed by atoms with Gasteiger partial charge in [-0.3, -0.25) is 0 Å². The third-order valence-corrected chi connectivity index (χ3v) is 2.28. The quantitative estimate of drug-likeness (QED) is 0.499.